The zero-order valence-corrected chi connectivity index (χ0v) is 11.1. The highest BCUT2D eigenvalue weighted by Gasteiger charge is 2.81. The molecule has 0 bridgehead atoms. The Kier molecular flexibility index (Phi) is 3.29. The van der Waals surface area contributed by atoms with Crippen LogP contribution in [-0.4, -0.2) is 12.2 Å². The van der Waals surface area contributed by atoms with Crippen LogP contribution in [0.1, 0.15) is 11.1 Å². The lowest BCUT2D eigenvalue weighted by atomic mass is 10.1. The minimum Gasteiger partial charge on any atom is -0.205 e. The van der Waals surface area contributed by atoms with Crippen molar-refractivity contribution in [3.05, 3.63) is 22.8 Å². The van der Waals surface area contributed by atoms with Gasteiger partial charge in [0.1, 0.15) is 11.6 Å². The highest BCUT2D eigenvalue weighted by molar-refractivity contribution is 7.99. The van der Waals surface area contributed by atoms with E-state index >= 15 is 0 Å². The summed E-state index contributed by atoms with van der Waals surface area (Å²) in [5.41, 5.74) is -4.65. The van der Waals surface area contributed by atoms with E-state index in [2.05, 4.69) is 12.6 Å². The molecular formula is C10H4F8S2. The molecule has 0 amide bonds. The van der Waals surface area contributed by atoms with Crippen molar-refractivity contribution >= 4 is 24.4 Å². The lowest BCUT2D eigenvalue weighted by Gasteiger charge is -2.23. The largest absolute Gasteiger partial charge is 0.380 e. The maximum atomic E-state index is 13.8. The number of thiol groups is 1. The van der Waals surface area contributed by atoms with Crippen molar-refractivity contribution in [2.45, 2.75) is 27.6 Å². The third-order valence-corrected chi connectivity index (χ3v) is 4.29. The van der Waals surface area contributed by atoms with Gasteiger partial charge in [0.15, 0.2) is 0 Å². The molecule has 112 valence electrons. The summed E-state index contributed by atoms with van der Waals surface area (Å²) in [4.78, 5) is -1.85. The van der Waals surface area contributed by atoms with Crippen molar-refractivity contribution in [2.75, 3.05) is 6.26 Å². The highest BCUT2D eigenvalue weighted by atomic mass is 32.2. The van der Waals surface area contributed by atoms with E-state index < -0.39 is 50.3 Å². The molecule has 0 fully saturated rings. The second kappa shape index (κ2) is 4.19. The number of benzene rings is 1. The van der Waals surface area contributed by atoms with Gasteiger partial charge in [0.05, 0.1) is 20.9 Å². The Hall–Kier alpha value is -0.640. The zero-order valence-electron chi connectivity index (χ0n) is 9.38. The molecule has 0 spiro atoms. The second-order valence-electron chi connectivity index (χ2n) is 3.98. The molecule has 0 N–H and O–H groups in total. The van der Waals surface area contributed by atoms with Crippen LogP contribution in [0.15, 0.2) is 9.79 Å². The molecular weight excluding hydrogens is 336 g/mol. The Morgan fingerprint density at radius 3 is 1.65 bits per heavy atom. The fraction of sp³-hybridized carbons (Fsp3) is 0.400. The molecule has 2 rings (SSSR count). The number of halogens is 8. The molecule has 1 aliphatic rings. The molecule has 20 heavy (non-hydrogen) atoms. The van der Waals surface area contributed by atoms with Crippen LogP contribution >= 0.6 is 24.4 Å². The minimum atomic E-state index is -5.93. The lowest BCUT2D eigenvalue weighted by molar-refractivity contribution is -0.303. The van der Waals surface area contributed by atoms with Crippen molar-refractivity contribution < 1.29 is 35.1 Å². The van der Waals surface area contributed by atoms with Crippen molar-refractivity contribution in [3.63, 3.8) is 0 Å². The summed E-state index contributed by atoms with van der Waals surface area (Å²) in [7, 11) is 0. The predicted molar refractivity (Wildman–Crippen MR) is 58.1 cm³/mol. The van der Waals surface area contributed by atoms with E-state index in [1.807, 2.05) is 0 Å². The van der Waals surface area contributed by atoms with Crippen LogP contribution in [0, 0.1) is 11.6 Å². The normalized spacial score (nSPS) is 21.9. The first kappa shape index (κ1) is 15.7. The molecule has 0 radical (unpaired) electrons. The Bertz CT molecular complexity index is 596. The number of alkyl halides is 6. The average Bonchev–Trinajstić information content (AvgIpc) is 2.42. The average molecular weight is 340 g/mol. The number of hydrogen-bond donors (Lipinski definition) is 1. The van der Waals surface area contributed by atoms with Crippen LogP contribution in [0.25, 0.3) is 0 Å². The molecule has 0 aliphatic heterocycles. The van der Waals surface area contributed by atoms with Gasteiger partial charge in [-0.1, -0.05) is 0 Å². The van der Waals surface area contributed by atoms with Gasteiger partial charge in [0.2, 0.25) is 0 Å². The molecule has 1 aromatic rings. The quantitative estimate of drug-likeness (QED) is 0.435. The molecule has 0 saturated carbocycles. The van der Waals surface area contributed by atoms with Gasteiger partial charge in [0.25, 0.3) is 0 Å². The summed E-state index contributed by atoms with van der Waals surface area (Å²) in [6.45, 7) is 0. The third-order valence-electron chi connectivity index (χ3n) is 2.93. The maximum Gasteiger partial charge on any atom is 0.380 e. The van der Waals surface area contributed by atoms with E-state index in [-0.39, 0.29) is 0 Å². The maximum absolute atomic E-state index is 13.8. The first-order chi connectivity index (χ1) is 8.92. The van der Waals surface area contributed by atoms with Crippen LogP contribution in [0.4, 0.5) is 35.1 Å². The van der Waals surface area contributed by atoms with Gasteiger partial charge in [0, 0.05) is 0 Å². The number of fused-ring (bicyclic) bond motifs is 1. The molecule has 10 heteroatoms. The SMILES string of the molecule is CSc1c(F)c2c(c(F)c1S)C(F)(F)C(F)(F)C2(F)F. The van der Waals surface area contributed by atoms with Gasteiger partial charge in [-0.05, 0) is 6.26 Å². The number of hydrogen-bond acceptors (Lipinski definition) is 2. The first-order valence-corrected chi connectivity index (χ1v) is 6.52. The molecule has 1 aliphatic carbocycles. The fourth-order valence-electron chi connectivity index (χ4n) is 1.94. The number of rotatable bonds is 1. The Morgan fingerprint density at radius 2 is 1.25 bits per heavy atom. The Labute approximate surface area is 116 Å². The highest BCUT2D eigenvalue weighted by Crippen LogP contribution is 2.65. The van der Waals surface area contributed by atoms with Gasteiger partial charge in [-0.2, -0.15) is 26.3 Å². The van der Waals surface area contributed by atoms with Gasteiger partial charge >= 0.3 is 17.8 Å². The first-order valence-electron chi connectivity index (χ1n) is 4.85. The summed E-state index contributed by atoms with van der Waals surface area (Å²) in [5, 5.41) is 0. The van der Waals surface area contributed by atoms with Crippen LogP contribution in [0.5, 0.6) is 0 Å². The Balaban J connectivity index is 3.01. The van der Waals surface area contributed by atoms with Gasteiger partial charge in [-0.3, -0.25) is 0 Å². The summed E-state index contributed by atoms with van der Waals surface area (Å²) >= 11 is 3.78. The van der Waals surface area contributed by atoms with Crippen LogP contribution in [-0.2, 0) is 11.8 Å². The van der Waals surface area contributed by atoms with Crippen molar-refractivity contribution in [1.29, 1.82) is 0 Å². The molecule has 1 aromatic carbocycles. The third kappa shape index (κ3) is 1.52. The van der Waals surface area contributed by atoms with E-state index in [4.69, 9.17) is 0 Å². The number of thioether (sulfide) groups is 1. The standard InChI is InChI=1S/C10H4F8S2/c1-20-7-5(12)3-2(4(11)6(7)19)8(13,14)10(17,18)9(3,15)16/h19H,1H3. The van der Waals surface area contributed by atoms with E-state index in [1.54, 1.807) is 0 Å². The van der Waals surface area contributed by atoms with Gasteiger partial charge < -0.3 is 0 Å². The van der Waals surface area contributed by atoms with Crippen LogP contribution in [0.2, 0.25) is 0 Å². The molecule has 0 unspecified atom stereocenters. The van der Waals surface area contributed by atoms with Crippen molar-refractivity contribution in [2.24, 2.45) is 0 Å². The lowest BCUT2D eigenvalue weighted by Crippen LogP contribution is -2.43. The van der Waals surface area contributed by atoms with E-state index in [9.17, 15) is 35.1 Å². The van der Waals surface area contributed by atoms with E-state index in [0.29, 0.717) is 11.8 Å². The smallest absolute Gasteiger partial charge is 0.205 e. The summed E-state index contributed by atoms with van der Waals surface area (Å²) < 4.78 is 107. The van der Waals surface area contributed by atoms with Crippen molar-refractivity contribution in [1.82, 2.24) is 0 Å². The minimum absolute atomic E-state index is 0.389. The van der Waals surface area contributed by atoms with Gasteiger partial charge in [-0.15, -0.1) is 24.4 Å². The van der Waals surface area contributed by atoms with Gasteiger partial charge in [-0.25, -0.2) is 8.78 Å². The second-order valence-corrected chi connectivity index (χ2v) is 5.25. The summed E-state index contributed by atoms with van der Waals surface area (Å²) in [6.07, 6.45) is 1.13. The van der Waals surface area contributed by atoms with Crippen LogP contribution < -0.4 is 0 Å². The summed E-state index contributed by atoms with van der Waals surface area (Å²) in [5.74, 6) is -21.1. The van der Waals surface area contributed by atoms with E-state index in [0.717, 1.165) is 6.26 Å². The van der Waals surface area contributed by atoms with Crippen LogP contribution in [0.3, 0.4) is 0 Å². The molecule has 0 heterocycles. The topological polar surface area (TPSA) is 0 Å². The molecule has 0 atom stereocenters. The molecule has 0 nitrogen and oxygen atoms in total. The molecule has 0 saturated heterocycles. The fourth-order valence-corrected chi connectivity index (χ4v) is 2.99. The van der Waals surface area contributed by atoms with Crippen molar-refractivity contribution in [3.8, 4) is 0 Å². The summed E-state index contributed by atoms with van der Waals surface area (Å²) in [6, 6.07) is 0. The Morgan fingerprint density at radius 1 is 0.850 bits per heavy atom. The zero-order chi connectivity index (χ0) is 15.7. The predicted octanol–water partition coefficient (Wildman–Crippen LogP) is 4.81. The monoisotopic (exact) mass is 340 g/mol. The molecule has 0 aromatic heterocycles. The van der Waals surface area contributed by atoms with E-state index in [1.165, 1.54) is 0 Å².